The van der Waals surface area contributed by atoms with Gasteiger partial charge in [0.05, 0.1) is 0 Å². The minimum Gasteiger partial charge on any atom is -0.365 e. The van der Waals surface area contributed by atoms with Crippen LogP contribution in [0.4, 0.5) is 5.69 Å². The smallest absolute Gasteiger partial charge is 0.0382 e. The van der Waals surface area contributed by atoms with Crippen LogP contribution in [0, 0.1) is 6.92 Å². The van der Waals surface area contributed by atoms with Crippen LogP contribution in [-0.4, -0.2) is 24.7 Å². The average molecular weight is 337 g/mol. The molecular formula is C17H25BrN2. The van der Waals surface area contributed by atoms with Crippen molar-refractivity contribution in [1.82, 2.24) is 5.32 Å². The van der Waals surface area contributed by atoms with E-state index in [0.717, 1.165) is 18.1 Å². The highest BCUT2D eigenvalue weighted by Gasteiger charge is 2.40. The van der Waals surface area contributed by atoms with E-state index in [-0.39, 0.29) is 0 Å². The van der Waals surface area contributed by atoms with E-state index in [0.29, 0.717) is 0 Å². The van der Waals surface area contributed by atoms with Gasteiger partial charge in [0.25, 0.3) is 0 Å². The Hall–Kier alpha value is -0.540. The molecular weight excluding hydrogens is 312 g/mol. The molecule has 2 bridgehead atoms. The number of nitrogens with zero attached hydrogens (tertiary/aromatic N) is 1. The first-order valence-electron chi connectivity index (χ1n) is 7.97. The van der Waals surface area contributed by atoms with Gasteiger partial charge in [0.15, 0.2) is 0 Å². The van der Waals surface area contributed by atoms with Crippen molar-refractivity contribution in [2.45, 2.75) is 64.1 Å². The molecule has 0 saturated carbocycles. The molecule has 2 nitrogen and oxygen atoms in total. The molecule has 110 valence electrons. The van der Waals surface area contributed by atoms with Crippen LogP contribution in [0.3, 0.4) is 0 Å². The van der Waals surface area contributed by atoms with E-state index in [4.69, 9.17) is 0 Å². The van der Waals surface area contributed by atoms with E-state index in [1.807, 2.05) is 0 Å². The molecule has 2 atom stereocenters. The third-order valence-corrected chi connectivity index (χ3v) is 5.72. The largest absolute Gasteiger partial charge is 0.365 e. The van der Waals surface area contributed by atoms with E-state index in [1.165, 1.54) is 54.4 Å². The Morgan fingerprint density at radius 1 is 1.25 bits per heavy atom. The highest BCUT2D eigenvalue weighted by atomic mass is 79.9. The molecule has 0 aromatic heterocycles. The number of piperidine rings is 1. The SMILES string of the molecule is CCCNC1CC2CCC(C1)N2c1ccc(C)c(Br)c1. The summed E-state index contributed by atoms with van der Waals surface area (Å²) in [6, 6.07) is 9.04. The Morgan fingerprint density at radius 2 is 1.95 bits per heavy atom. The Bertz CT molecular complexity index is 460. The molecule has 1 N–H and O–H groups in total. The molecule has 2 aliphatic rings. The molecule has 0 aliphatic carbocycles. The van der Waals surface area contributed by atoms with Crippen LogP contribution in [0.5, 0.6) is 0 Å². The van der Waals surface area contributed by atoms with Gasteiger partial charge in [-0.2, -0.15) is 0 Å². The predicted octanol–water partition coefficient (Wildman–Crippen LogP) is 4.26. The summed E-state index contributed by atoms with van der Waals surface area (Å²) in [4.78, 5) is 2.69. The van der Waals surface area contributed by atoms with E-state index < -0.39 is 0 Å². The van der Waals surface area contributed by atoms with Gasteiger partial charge in [0.1, 0.15) is 0 Å². The molecule has 0 spiro atoms. The maximum Gasteiger partial charge on any atom is 0.0382 e. The van der Waals surface area contributed by atoms with E-state index in [2.05, 4.69) is 58.2 Å². The number of anilines is 1. The Kier molecular flexibility index (Phi) is 4.37. The number of aryl methyl sites for hydroxylation is 1. The topological polar surface area (TPSA) is 15.3 Å². The summed E-state index contributed by atoms with van der Waals surface area (Å²) in [7, 11) is 0. The lowest BCUT2D eigenvalue weighted by molar-refractivity contribution is 0.356. The number of hydrogen-bond acceptors (Lipinski definition) is 2. The van der Waals surface area contributed by atoms with Crippen LogP contribution in [0.1, 0.15) is 44.6 Å². The normalized spacial score (nSPS) is 28.9. The first-order chi connectivity index (χ1) is 9.69. The monoisotopic (exact) mass is 336 g/mol. The zero-order chi connectivity index (χ0) is 14.1. The van der Waals surface area contributed by atoms with Crippen LogP contribution in [0.2, 0.25) is 0 Å². The summed E-state index contributed by atoms with van der Waals surface area (Å²) in [6.45, 7) is 5.57. The van der Waals surface area contributed by atoms with E-state index in [1.54, 1.807) is 0 Å². The fourth-order valence-electron chi connectivity index (χ4n) is 3.86. The summed E-state index contributed by atoms with van der Waals surface area (Å²) < 4.78 is 1.24. The quantitative estimate of drug-likeness (QED) is 0.883. The molecule has 3 heteroatoms. The third kappa shape index (κ3) is 2.75. The summed E-state index contributed by atoms with van der Waals surface area (Å²) in [5.74, 6) is 0. The van der Waals surface area contributed by atoms with Crippen molar-refractivity contribution >= 4 is 21.6 Å². The molecule has 1 aromatic carbocycles. The minimum absolute atomic E-state index is 0.734. The molecule has 3 rings (SSSR count). The molecule has 2 unspecified atom stereocenters. The van der Waals surface area contributed by atoms with Crippen LogP contribution in [-0.2, 0) is 0 Å². The Labute approximate surface area is 131 Å². The van der Waals surface area contributed by atoms with Gasteiger partial charge < -0.3 is 10.2 Å². The molecule has 0 amide bonds. The van der Waals surface area contributed by atoms with Crippen LogP contribution in [0.15, 0.2) is 22.7 Å². The van der Waals surface area contributed by atoms with Gasteiger partial charge in [0.2, 0.25) is 0 Å². The van der Waals surface area contributed by atoms with Crippen molar-refractivity contribution in [3.05, 3.63) is 28.2 Å². The summed E-state index contributed by atoms with van der Waals surface area (Å²) in [6.07, 6.45) is 6.57. The molecule has 2 heterocycles. The van der Waals surface area contributed by atoms with Crippen LogP contribution < -0.4 is 10.2 Å². The second-order valence-electron chi connectivity index (χ2n) is 6.35. The standard InChI is InChI=1S/C17H25BrN2/c1-3-8-19-13-9-14-6-7-15(10-13)20(14)16-5-4-12(2)17(18)11-16/h4-5,11,13-15,19H,3,6-10H2,1-2H3. The molecule has 20 heavy (non-hydrogen) atoms. The van der Waals surface area contributed by atoms with Gasteiger partial charge in [-0.25, -0.2) is 0 Å². The molecule has 0 radical (unpaired) electrons. The number of benzene rings is 1. The molecule has 2 aliphatic heterocycles. The van der Waals surface area contributed by atoms with Gasteiger partial charge in [-0.15, -0.1) is 0 Å². The number of halogens is 1. The molecule has 2 fully saturated rings. The first-order valence-corrected chi connectivity index (χ1v) is 8.76. The zero-order valence-electron chi connectivity index (χ0n) is 12.5. The zero-order valence-corrected chi connectivity index (χ0v) is 14.1. The predicted molar refractivity (Wildman–Crippen MR) is 89.5 cm³/mol. The van der Waals surface area contributed by atoms with E-state index >= 15 is 0 Å². The Morgan fingerprint density at radius 3 is 2.55 bits per heavy atom. The Balaban J connectivity index is 1.74. The average Bonchev–Trinajstić information content (AvgIpc) is 2.71. The van der Waals surface area contributed by atoms with Crippen LogP contribution >= 0.6 is 15.9 Å². The van der Waals surface area contributed by atoms with Gasteiger partial charge in [-0.1, -0.05) is 28.9 Å². The fraction of sp³-hybridized carbons (Fsp3) is 0.647. The highest BCUT2D eigenvalue weighted by Crippen LogP contribution is 2.40. The third-order valence-electron chi connectivity index (χ3n) is 4.87. The van der Waals surface area contributed by atoms with Crippen molar-refractivity contribution in [1.29, 1.82) is 0 Å². The summed E-state index contributed by atoms with van der Waals surface area (Å²) in [5, 5.41) is 3.73. The summed E-state index contributed by atoms with van der Waals surface area (Å²) >= 11 is 3.68. The number of nitrogens with one attached hydrogen (secondary N) is 1. The minimum atomic E-state index is 0.734. The van der Waals surface area contributed by atoms with Crippen molar-refractivity contribution in [2.24, 2.45) is 0 Å². The van der Waals surface area contributed by atoms with Crippen molar-refractivity contribution < 1.29 is 0 Å². The maximum absolute atomic E-state index is 3.73. The van der Waals surface area contributed by atoms with Crippen LogP contribution in [0.25, 0.3) is 0 Å². The van der Waals surface area contributed by atoms with E-state index in [9.17, 15) is 0 Å². The van der Waals surface area contributed by atoms with Gasteiger partial charge in [-0.05, 0) is 63.3 Å². The second kappa shape index (κ2) is 6.07. The lowest BCUT2D eigenvalue weighted by atomic mass is 9.96. The second-order valence-corrected chi connectivity index (χ2v) is 7.20. The lowest BCUT2D eigenvalue weighted by Gasteiger charge is -2.41. The highest BCUT2D eigenvalue weighted by molar-refractivity contribution is 9.10. The number of rotatable bonds is 4. The van der Waals surface area contributed by atoms with Gasteiger partial charge in [0, 0.05) is 28.3 Å². The van der Waals surface area contributed by atoms with Gasteiger partial charge in [-0.3, -0.25) is 0 Å². The van der Waals surface area contributed by atoms with Crippen molar-refractivity contribution in [3.8, 4) is 0 Å². The number of fused-ring (bicyclic) bond motifs is 2. The summed E-state index contributed by atoms with van der Waals surface area (Å²) in [5.41, 5.74) is 2.73. The molecule has 2 saturated heterocycles. The maximum atomic E-state index is 3.73. The lowest BCUT2D eigenvalue weighted by Crippen LogP contribution is -2.49. The van der Waals surface area contributed by atoms with Gasteiger partial charge >= 0.3 is 0 Å². The van der Waals surface area contributed by atoms with Crippen molar-refractivity contribution in [3.63, 3.8) is 0 Å². The fourth-order valence-corrected chi connectivity index (χ4v) is 4.22. The van der Waals surface area contributed by atoms with Crippen molar-refractivity contribution in [2.75, 3.05) is 11.4 Å². The number of hydrogen-bond donors (Lipinski definition) is 1. The first kappa shape index (κ1) is 14.4. The molecule has 1 aromatic rings.